The Balaban J connectivity index is 2.21. The van der Waals surface area contributed by atoms with E-state index in [1.165, 1.54) is 24.8 Å². The molecule has 1 unspecified atom stereocenters. The molecule has 2 aromatic carbocycles. The average Bonchev–Trinajstić information content (AvgIpc) is 2.61. The Bertz CT molecular complexity index is 717. The number of hydrogen-bond donors (Lipinski definition) is 1. The van der Waals surface area contributed by atoms with Crippen LogP contribution in [0.4, 0.5) is 8.78 Å². The lowest BCUT2D eigenvalue weighted by molar-refractivity contribution is -0.0515. The van der Waals surface area contributed by atoms with Crippen LogP contribution in [0.2, 0.25) is 0 Å². The molecule has 0 aliphatic heterocycles. The second kappa shape index (κ2) is 8.46. The number of alkyl halides is 2. The minimum atomic E-state index is -3.05. The van der Waals surface area contributed by atoms with Crippen LogP contribution in [-0.2, 0) is 6.42 Å². The third-order valence-electron chi connectivity index (χ3n) is 3.89. The molecule has 0 radical (unpaired) electrons. The number of carbonyl (C=O) groups excluding carboxylic acids is 1. The Kier molecular flexibility index (Phi) is 6.33. The predicted octanol–water partition coefficient (Wildman–Crippen LogP) is 4.35. The maximum atomic E-state index is 12.7. The summed E-state index contributed by atoms with van der Waals surface area (Å²) in [4.78, 5) is 12.5. The summed E-state index contributed by atoms with van der Waals surface area (Å²) in [6, 6.07) is 12.0. The van der Waals surface area contributed by atoms with E-state index in [4.69, 9.17) is 4.74 Å². The molecule has 2 rings (SSSR count). The fourth-order valence-corrected chi connectivity index (χ4v) is 2.47. The van der Waals surface area contributed by atoms with Crippen LogP contribution in [-0.4, -0.2) is 19.6 Å². The number of nitrogens with one attached hydrogen (secondary N) is 1. The lowest BCUT2D eigenvalue weighted by atomic mass is 10.0. The normalized spacial score (nSPS) is 11.9. The maximum Gasteiger partial charge on any atom is 0.387 e. The van der Waals surface area contributed by atoms with E-state index in [2.05, 4.69) is 17.0 Å². The first-order valence-corrected chi connectivity index (χ1v) is 7.97. The molecule has 134 valence electrons. The number of methoxy groups -OCH3 is 1. The smallest absolute Gasteiger partial charge is 0.387 e. The van der Waals surface area contributed by atoms with Crippen LogP contribution in [0, 0.1) is 0 Å². The molecule has 1 N–H and O–H groups in total. The van der Waals surface area contributed by atoms with E-state index in [9.17, 15) is 13.6 Å². The van der Waals surface area contributed by atoms with Gasteiger partial charge in [0.1, 0.15) is 0 Å². The van der Waals surface area contributed by atoms with Crippen LogP contribution in [0.15, 0.2) is 42.5 Å². The van der Waals surface area contributed by atoms with Crippen molar-refractivity contribution in [2.24, 2.45) is 0 Å². The first kappa shape index (κ1) is 18.7. The summed E-state index contributed by atoms with van der Waals surface area (Å²) in [5, 5.41) is 2.80. The summed E-state index contributed by atoms with van der Waals surface area (Å²) in [6.07, 6.45) is 0.930. The average molecular weight is 349 g/mol. The quantitative estimate of drug-likeness (QED) is 0.808. The molecule has 25 heavy (non-hydrogen) atoms. The predicted molar refractivity (Wildman–Crippen MR) is 91.3 cm³/mol. The van der Waals surface area contributed by atoms with E-state index in [1.54, 1.807) is 6.07 Å². The zero-order valence-electron chi connectivity index (χ0n) is 14.4. The summed E-state index contributed by atoms with van der Waals surface area (Å²) in [6.45, 7) is 0.835. The lowest BCUT2D eigenvalue weighted by Gasteiger charge is -2.18. The van der Waals surface area contributed by atoms with Gasteiger partial charge in [0.25, 0.3) is 5.91 Å². The molecule has 0 saturated heterocycles. The van der Waals surface area contributed by atoms with Gasteiger partial charge in [-0.25, -0.2) is 0 Å². The van der Waals surface area contributed by atoms with Gasteiger partial charge in [0.2, 0.25) is 0 Å². The van der Waals surface area contributed by atoms with Crippen molar-refractivity contribution in [1.82, 2.24) is 5.32 Å². The number of ether oxygens (including phenoxy) is 2. The van der Waals surface area contributed by atoms with Gasteiger partial charge in [-0.1, -0.05) is 37.3 Å². The third-order valence-corrected chi connectivity index (χ3v) is 3.89. The van der Waals surface area contributed by atoms with Crippen molar-refractivity contribution in [2.75, 3.05) is 7.11 Å². The zero-order valence-corrected chi connectivity index (χ0v) is 14.4. The van der Waals surface area contributed by atoms with Crippen molar-refractivity contribution in [3.05, 3.63) is 59.2 Å². The molecular formula is C19H21F2NO3. The zero-order chi connectivity index (χ0) is 18.4. The molecule has 0 fully saturated rings. The molecule has 0 aliphatic rings. The second-order valence-electron chi connectivity index (χ2n) is 5.51. The number of para-hydroxylation sites is 1. The van der Waals surface area contributed by atoms with E-state index < -0.39 is 12.5 Å². The molecular weight excluding hydrogens is 328 g/mol. The summed E-state index contributed by atoms with van der Waals surface area (Å²) in [7, 11) is 1.33. The fourth-order valence-electron chi connectivity index (χ4n) is 2.47. The highest BCUT2D eigenvalue weighted by Gasteiger charge is 2.21. The standard InChI is InChI=1S/C19H21F2NO3/c1-4-13-8-10-14(11-9-13)12(2)22-18(23)15-6-5-7-16(24-3)17(15)25-19(20)21/h5-12,19H,4H2,1-3H3,(H,22,23). The van der Waals surface area contributed by atoms with Crippen LogP contribution in [0.5, 0.6) is 11.5 Å². The van der Waals surface area contributed by atoms with Crippen LogP contribution in [0.25, 0.3) is 0 Å². The Morgan fingerprint density at radius 3 is 2.40 bits per heavy atom. The van der Waals surface area contributed by atoms with E-state index in [0.29, 0.717) is 0 Å². The molecule has 0 bridgehead atoms. The molecule has 1 atom stereocenters. The number of benzene rings is 2. The molecule has 4 nitrogen and oxygen atoms in total. The van der Waals surface area contributed by atoms with Gasteiger partial charge >= 0.3 is 6.61 Å². The van der Waals surface area contributed by atoms with Gasteiger partial charge in [0.05, 0.1) is 18.7 Å². The van der Waals surface area contributed by atoms with Gasteiger partial charge in [-0.2, -0.15) is 8.78 Å². The van der Waals surface area contributed by atoms with E-state index in [0.717, 1.165) is 12.0 Å². The van der Waals surface area contributed by atoms with Crippen molar-refractivity contribution in [2.45, 2.75) is 32.9 Å². The number of hydrogen-bond acceptors (Lipinski definition) is 3. The van der Waals surface area contributed by atoms with Crippen LogP contribution in [0.1, 0.15) is 41.4 Å². The monoisotopic (exact) mass is 349 g/mol. The summed E-state index contributed by atoms with van der Waals surface area (Å²) < 4.78 is 34.8. The van der Waals surface area contributed by atoms with Crippen molar-refractivity contribution < 1.29 is 23.0 Å². The number of aryl methyl sites for hydroxylation is 1. The highest BCUT2D eigenvalue weighted by Crippen LogP contribution is 2.32. The number of halogens is 2. The number of carbonyl (C=O) groups is 1. The lowest BCUT2D eigenvalue weighted by Crippen LogP contribution is -2.27. The van der Waals surface area contributed by atoms with Crippen LogP contribution in [0.3, 0.4) is 0 Å². The van der Waals surface area contributed by atoms with Gasteiger partial charge in [-0.05, 0) is 36.6 Å². The van der Waals surface area contributed by atoms with Crippen molar-refractivity contribution in [1.29, 1.82) is 0 Å². The molecule has 1 amide bonds. The van der Waals surface area contributed by atoms with E-state index in [-0.39, 0.29) is 23.1 Å². The minimum absolute atomic E-state index is 0.00308. The van der Waals surface area contributed by atoms with E-state index >= 15 is 0 Å². The SMILES string of the molecule is CCc1ccc(C(C)NC(=O)c2cccc(OC)c2OC(F)F)cc1. The number of amides is 1. The largest absolute Gasteiger partial charge is 0.493 e. The van der Waals surface area contributed by atoms with Crippen molar-refractivity contribution >= 4 is 5.91 Å². The Morgan fingerprint density at radius 2 is 1.84 bits per heavy atom. The fraction of sp³-hybridized carbons (Fsp3) is 0.316. The van der Waals surface area contributed by atoms with Crippen molar-refractivity contribution in [3.8, 4) is 11.5 Å². The molecule has 2 aromatic rings. The van der Waals surface area contributed by atoms with Gasteiger partial charge in [-0.3, -0.25) is 4.79 Å². The first-order chi connectivity index (χ1) is 12.0. The Hall–Kier alpha value is -2.63. The maximum absolute atomic E-state index is 12.7. The van der Waals surface area contributed by atoms with Gasteiger partial charge in [0.15, 0.2) is 11.5 Å². The second-order valence-corrected chi connectivity index (χ2v) is 5.51. The Labute approximate surface area is 145 Å². The molecule has 6 heteroatoms. The van der Waals surface area contributed by atoms with Gasteiger partial charge in [0, 0.05) is 0 Å². The highest BCUT2D eigenvalue weighted by molar-refractivity contribution is 5.98. The molecule has 0 aromatic heterocycles. The van der Waals surface area contributed by atoms with Crippen molar-refractivity contribution in [3.63, 3.8) is 0 Å². The Morgan fingerprint density at radius 1 is 1.16 bits per heavy atom. The van der Waals surface area contributed by atoms with Crippen LogP contribution >= 0.6 is 0 Å². The molecule has 0 aliphatic carbocycles. The van der Waals surface area contributed by atoms with Gasteiger partial charge in [-0.15, -0.1) is 0 Å². The molecule has 0 spiro atoms. The topological polar surface area (TPSA) is 47.6 Å². The van der Waals surface area contributed by atoms with Gasteiger partial charge < -0.3 is 14.8 Å². The highest BCUT2D eigenvalue weighted by atomic mass is 19.3. The molecule has 0 saturated carbocycles. The molecule has 0 heterocycles. The first-order valence-electron chi connectivity index (χ1n) is 7.97. The van der Waals surface area contributed by atoms with Crippen LogP contribution < -0.4 is 14.8 Å². The minimum Gasteiger partial charge on any atom is -0.493 e. The van der Waals surface area contributed by atoms with E-state index in [1.807, 2.05) is 31.2 Å². The third kappa shape index (κ3) is 4.68. The summed E-state index contributed by atoms with van der Waals surface area (Å²) in [5.74, 6) is -0.708. The number of rotatable bonds is 7. The summed E-state index contributed by atoms with van der Waals surface area (Å²) >= 11 is 0. The summed E-state index contributed by atoms with van der Waals surface area (Å²) in [5.41, 5.74) is 2.11.